The highest BCUT2D eigenvalue weighted by Gasteiger charge is 2.24. The summed E-state index contributed by atoms with van der Waals surface area (Å²) in [7, 11) is 1.76. The third-order valence-corrected chi connectivity index (χ3v) is 3.42. The molecular weight excluding hydrogens is 316 g/mol. The summed E-state index contributed by atoms with van der Waals surface area (Å²) >= 11 is 3.08. The third-order valence-electron chi connectivity index (χ3n) is 2.81. The van der Waals surface area contributed by atoms with Crippen LogP contribution in [0.15, 0.2) is 28.9 Å². The average Bonchev–Trinajstić information content (AvgIpc) is 2.80. The fraction of sp³-hybridized carbons (Fsp3) is 0.308. The molecule has 0 spiro atoms. The zero-order chi connectivity index (χ0) is 14.0. The molecule has 0 fully saturated rings. The van der Waals surface area contributed by atoms with Crippen molar-refractivity contribution in [1.82, 2.24) is 15.1 Å². The Balaban J connectivity index is 2.53. The van der Waals surface area contributed by atoms with Gasteiger partial charge in [-0.2, -0.15) is 5.10 Å². The van der Waals surface area contributed by atoms with Gasteiger partial charge in [0.1, 0.15) is 11.6 Å². The predicted molar refractivity (Wildman–Crippen MR) is 72.8 cm³/mol. The molecular formula is C13H14BrF2N3. The lowest BCUT2D eigenvalue weighted by molar-refractivity contribution is 0.499. The van der Waals surface area contributed by atoms with E-state index < -0.39 is 17.7 Å². The minimum Gasteiger partial charge on any atom is -0.305 e. The van der Waals surface area contributed by atoms with Gasteiger partial charge in [-0.15, -0.1) is 0 Å². The normalized spacial score (nSPS) is 12.7. The van der Waals surface area contributed by atoms with Crippen molar-refractivity contribution in [3.8, 4) is 0 Å². The first-order chi connectivity index (χ1) is 9.04. The first kappa shape index (κ1) is 14.1. The van der Waals surface area contributed by atoms with Crippen LogP contribution in [0, 0.1) is 11.6 Å². The molecule has 19 heavy (non-hydrogen) atoms. The molecule has 1 atom stereocenters. The predicted octanol–water partition coefficient (Wildman–Crippen LogP) is 3.16. The van der Waals surface area contributed by atoms with Crippen molar-refractivity contribution < 1.29 is 8.78 Å². The number of rotatable bonds is 4. The standard InChI is InChI=1S/C13H14BrF2N3/c1-3-17-13(10-6-7-19(2)18-10)11-9(15)5-4-8(14)12(11)16/h4-7,13,17H,3H2,1-2H3. The molecule has 0 saturated heterocycles. The van der Waals surface area contributed by atoms with E-state index >= 15 is 0 Å². The van der Waals surface area contributed by atoms with Crippen LogP contribution in [0.25, 0.3) is 0 Å². The highest BCUT2D eigenvalue weighted by Crippen LogP contribution is 2.30. The molecule has 0 radical (unpaired) electrons. The largest absolute Gasteiger partial charge is 0.305 e. The minimum atomic E-state index is -0.608. The van der Waals surface area contributed by atoms with Gasteiger partial charge in [-0.1, -0.05) is 6.92 Å². The van der Waals surface area contributed by atoms with E-state index in [1.165, 1.54) is 12.1 Å². The van der Waals surface area contributed by atoms with Crippen LogP contribution in [-0.2, 0) is 7.05 Å². The molecule has 1 unspecified atom stereocenters. The van der Waals surface area contributed by atoms with E-state index in [1.807, 2.05) is 6.92 Å². The quantitative estimate of drug-likeness (QED) is 0.873. The van der Waals surface area contributed by atoms with Crippen molar-refractivity contribution in [1.29, 1.82) is 0 Å². The highest BCUT2D eigenvalue weighted by atomic mass is 79.9. The summed E-state index contributed by atoms with van der Waals surface area (Å²) in [6.45, 7) is 2.45. The summed E-state index contributed by atoms with van der Waals surface area (Å²) < 4.78 is 30.0. The second-order valence-corrected chi connectivity index (χ2v) is 5.02. The smallest absolute Gasteiger partial charge is 0.145 e. The first-order valence-electron chi connectivity index (χ1n) is 5.91. The van der Waals surface area contributed by atoms with E-state index in [0.717, 1.165) is 0 Å². The van der Waals surface area contributed by atoms with Crippen LogP contribution in [0.1, 0.15) is 24.2 Å². The number of hydrogen-bond donors (Lipinski definition) is 1. The molecule has 3 nitrogen and oxygen atoms in total. The number of aryl methyl sites for hydroxylation is 1. The van der Waals surface area contributed by atoms with E-state index in [2.05, 4.69) is 26.3 Å². The van der Waals surface area contributed by atoms with Gasteiger partial charge < -0.3 is 5.32 Å². The maximum atomic E-state index is 14.2. The second-order valence-electron chi connectivity index (χ2n) is 4.16. The maximum Gasteiger partial charge on any atom is 0.145 e. The average molecular weight is 330 g/mol. The van der Waals surface area contributed by atoms with Crippen LogP contribution in [0.5, 0.6) is 0 Å². The number of nitrogens with zero attached hydrogens (tertiary/aromatic N) is 2. The molecule has 1 N–H and O–H groups in total. The van der Waals surface area contributed by atoms with Gasteiger partial charge in [0, 0.05) is 18.8 Å². The molecule has 0 aliphatic rings. The molecule has 1 aromatic carbocycles. The summed E-state index contributed by atoms with van der Waals surface area (Å²) in [5.41, 5.74) is 0.565. The lowest BCUT2D eigenvalue weighted by Gasteiger charge is -2.18. The Hall–Kier alpha value is -1.27. The summed E-state index contributed by atoms with van der Waals surface area (Å²) in [5.74, 6) is -1.19. The SMILES string of the molecule is CCNC(c1ccn(C)n1)c1c(F)ccc(Br)c1F. The van der Waals surface area contributed by atoms with Gasteiger partial charge in [-0.05, 0) is 40.7 Å². The molecule has 2 rings (SSSR count). The lowest BCUT2D eigenvalue weighted by Crippen LogP contribution is -2.25. The number of halogens is 3. The Morgan fingerprint density at radius 1 is 1.37 bits per heavy atom. The molecule has 102 valence electrons. The Labute approximate surface area is 118 Å². The van der Waals surface area contributed by atoms with Gasteiger partial charge in [-0.3, -0.25) is 4.68 Å². The molecule has 6 heteroatoms. The summed E-state index contributed by atoms with van der Waals surface area (Å²) in [5, 5.41) is 7.28. The van der Waals surface area contributed by atoms with Gasteiger partial charge in [0.2, 0.25) is 0 Å². The van der Waals surface area contributed by atoms with Gasteiger partial charge in [0.25, 0.3) is 0 Å². The summed E-state index contributed by atoms with van der Waals surface area (Å²) in [6, 6.07) is 3.74. The van der Waals surface area contributed by atoms with Gasteiger partial charge >= 0.3 is 0 Å². The fourth-order valence-electron chi connectivity index (χ4n) is 1.95. The zero-order valence-corrected chi connectivity index (χ0v) is 12.2. The Bertz CT molecular complexity index is 583. The van der Waals surface area contributed by atoms with E-state index in [4.69, 9.17) is 0 Å². The molecule has 2 aromatic rings. The number of nitrogens with one attached hydrogen (secondary N) is 1. The highest BCUT2D eigenvalue weighted by molar-refractivity contribution is 9.10. The van der Waals surface area contributed by atoms with Crippen molar-refractivity contribution in [2.24, 2.45) is 7.05 Å². The summed E-state index contributed by atoms with van der Waals surface area (Å²) in [4.78, 5) is 0. The van der Waals surface area contributed by atoms with E-state index in [1.54, 1.807) is 24.0 Å². The zero-order valence-electron chi connectivity index (χ0n) is 10.6. The Kier molecular flexibility index (Phi) is 4.31. The van der Waals surface area contributed by atoms with Crippen LogP contribution in [-0.4, -0.2) is 16.3 Å². The van der Waals surface area contributed by atoms with Gasteiger partial charge in [-0.25, -0.2) is 8.78 Å². The van der Waals surface area contributed by atoms with Crippen molar-refractivity contribution in [3.63, 3.8) is 0 Å². The van der Waals surface area contributed by atoms with Crippen LogP contribution >= 0.6 is 15.9 Å². The molecule has 0 bridgehead atoms. The number of benzene rings is 1. The van der Waals surface area contributed by atoms with Crippen molar-refractivity contribution >= 4 is 15.9 Å². The van der Waals surface area contributed by atoms with Crippen molar-refractivity contribution in [2.45, 2.75) is 13.0 Å². The van der Waals surface area contributed by atoms with E-state index in [0.29, 0.717) is 12.2 Å². The number of aromatic nitrogens is 2. The van der Waals surface area contributed by atoms with Gasteiger partial charge in [0.05, 0.1) is 16.2 Å². The monoisotopic (exact) mass is 329 g/mol. The molecule has 0 aliphatic carbocycles. The lowest BCUT2D eigenvalue weighted by atomic mass is 10.0. The molecule has 0 saturated carbocycles. The number of hydrogen-bond acceptors (Lipinski definition) is 2. The Morgan fingerprint density at radius 2 is 2.11 bits per heavy atom. The first-order valence-corrected chi connectivity index (χ1v) is 6.70. The van der Waals surface area contributed by atoms with E-state index in [9.17, 15) is 8.78 Å². The summed E-state index contributed by atoms with van der Waals surface area (Å²) in [6.07, 6.45) is 1.74. The topological polar surface area (TPSA) is 29.9 Å². The van der Waals surface area contributed by atoms with Crippen molar-refractivity contribution in [3.05, 3.63) is 51.8 Å². The molecule has 0 amide bonds. The molecule has 1 aromatic heterocycles. The van der Waals surface area contributed by atoms with Gasteiger partial charge in [0.15, 0.2) is 0 Å². The maximum absolute atomic E-state index is 14.2. The van der Waals surface area contributed by atoms with Crippen LogP contribution in [0.3, 0.4) is 0 Å². The molecule has 0 aliphatic heterocycles. The third kappa shape index (κ3) is 2.84. The van der Waals surface area contributed by atoms with Crippen LogP contribution in [0.2, 0.25) is 0 Å². The Morgan fingerprint density at radius 3 is 2.68 bits per heavy atom. The minimum absolute atomic E-state index is 0.0186. The molecule has 1 heterocycles. The second kappa shape index (κ2) is 5.79. The fourth-order valence-corrected chi connectivity index (χ4v) is 2.30. The van der Waals surface area contributed by atoms with Crippen molar-refractivity contribution in [2.75, 3.05) is 6.54 Å². The van der Waals surface area contributed by atoms with Crippen LogP contribution < -0.4 is 5.32 Å². The van der Waals surface area contributed by atoms with E-state index in [-0.39, 0.29) is 10.0 Å². The van der Waals surface area contributed by atoms with Crippen LogP contribution in [0.4, 0.5) is 8.78 Å².